The lowest BCUT2D eigenvalue weighted by Crippen LogP contribution is -2.38. The van der Waals surface area contributed by atoms with Crippen LogP contribution in [0, 0.1) is 12.3 Å². The van der Waals surface area contributed by atoms with Crippen LogP contribution in [-0.4, -0.2) is 31.1 Å². The first-order chi connectivity index (χ1) is 9.17. The highest BCUT2D eigenvalue weighted by molar-refractivity contribution is 9.10. The van der Waals surface area contributed by atoms with Crippen LogP contribution in [0.2, 0.25) is 0 Å². The Labute approximate surface area is 136 Å². The van der Waals surface area contributed by atoms with Crippen molar-refractivity contribution >= 4 is 28.3 Å². The summed E-state index contributed by atoms with van der Waals surface area (Å²) in [5.41, 5.74) is 3.41. The fraction of sp³-hybridized carbons (Fsp3) is 0.625. The zero-order chi connectivity index (χ0) is 13.3. The molecule has 1 aromatic rings. The summed E-state index contributed by atoms with van der Waals surface area (Å²) in [6.07, 6.45) is 4.12. The van der Waals surface area contributed by atoms with Crippen LogP contribution in [0.5, 0.6) is 0 Å². The molecule has 0 aliphatic carbocycles. The van der Waals surface area contributed by atoms with Gasteiger partial charge in [0.25, 0.3) is 0 Å². The van der Waals surface area contributed by atoms with E-state index in [1.165, 1.54) is 61.0 Å². The van der Waals surface area contributed by atoms with E-state index in [4.69, 9.17) is 0 Å². The molecule has 2 nitrogen and oxygen atoms in total. The Balaban J connectivity index is 0.00000147. The van der Waals surface area contributed by atoms with E-state index >= 15 is 0 Å². The highest BCUT2D eigenvalue weighted by Gasteiger charge is 2.38. The first kappa shape index (κ1) is 16.3. The summed E-state index contributed by atoms with van der Waals surface area (Å²) in [5, 5.41) is 3.49. The third kappa shape index (κ3) is 3.56. The van der Waals surface area contributed by atoms with Gasteiger partial charge in [0.1, 0.15) is 0 Å². The maximum Gasteiger partial charge on any atom is 0.0234 e. The highest BCUT2D eigenvalue weighted by atomic mass is 79.9. The number of piperidine rings is 1. The second-order valence-electron chi connectivity index (χ2n) is 6.29. The van der Waals surface area contributed by atoms with Gasteiger partial charge in [0.15, 0.2) is 0 Å². The number of likely N-dealkylation sites (tertiary alicyclic amines) is 1. The molecule has 0 aromatic heterocycles. The van der Waals surface area contributed by atoms with Crippen molar-refractivity contribution < 1.29 is 0 Å². The van der Waals surface area contributed by atoms with E-state index in [1.807, 2.05) is 0 Å². The van der Waals surface area contributed by atoms with Crippen LogP contribution in [0.4, 0.5) is 0 Å². The van der Waals surface area contributed by atoms with Gasteiger partial charge in [0.2, 0.25) is 0 Å². The number of rotatable bonds is 2. The molecular weight excluding hydrogens is 336 g/mol. The van der Waals surface area contributed by atoms with Crippen LogP contribution in [0.1, 0.15) is 30.4 Å². The summed E-state index contributed by atoms with van der Waals surface area (Å²) >= 11 is 3.58. The molecule has 0 bridgehead atoms. The van der Waals surface area contributed by atoms with Crippen molar-refractivity contribution in [2.45, 2.75) is 32.7 Å². The Kier molecular flexibility index (Phi) is 5.52. The molecule has 2 saturated heterocycles. The van der Waals surface area contributed by atoms with Gasteiger partial charge in [-0.15, -0.1) is 12.4 Å². The van der Waals surface area contributed by atoms with Crippen molar-refractivity contribution in [1.29, 1.82) is 0 Å². The molecule has 0 saturated carbocycles. The second kappa shape index (κ2) is 6.78. The van der Waals surface area contributed by atoms with E-state index in [1.54, 1.807) is 0 Å². The zero-order valence-electron chi connectivity index (χ0n) is 12.1. The van der Waals surface area contributed by atoms with Crippen molar-refractivity contribution in [3.63, 3.8) is 0 Å². The molecule has 2 fully saturated rings. The number of halogens is 2. The minimum atomic E-state index is 0. The van der Waals surface area contributed by atoms with Crippen molar-refractivity contribution in [2.24, 2.45) is 5.41 Å². The molecule has 2 aliphatic heterocycles. The smallest absolute Gasteiger partial charge is 0.0234 e. The molecular formula is C16H24BrClN2. The molecule has 1 N–H and O–H groups in total. The summed E-state index contributed by atoms with van der Waals surface area (Å²) in [6.45, 7) is 8.28. The van der Waals surface area contributed by atoms with Gasteiger partial charge in [-0.2, -0.15) is 0 Å². The van der Waals surface area contributed by atoms with Gasteiger partial charge in [-0.05, 0) is 68.4 Å². The summed E-state index contributed by atoms with van der Waals surface area (Å²) in [5.74, 6) is 0. The maximum atomic E-state index is 3.58. The van der Waals surface area contributed by atoms with Crippen molar-refractivity contribution in [3.8, 4) is 0 Å². The fourth-order valence-corrected chi connectivity index (χ4v) is 3.84. The molecule has 2 aliphatic rings. The van der Waals surface area contributed by atoms with Crippen molar-refractivity contribution in [1.82, 2.24) is 10.2 Å². The number of nitrogens with one attached hydrogen (secondary N) is 1. The maximum absolute atomic E-state index is 3.58. The summed E-state index contributed by atoms with van der Waals surface area (Å²) in [4.78, 5) is 2.65. The number of nitrogens with zero attached hydrogens (tertiary/aromatic N) is 1. The number of aryl methyl sites for hydroxylation is 1. The first-order valence-corrected chi connectivity index (χ1v) is 8.14. The Hall–Kier alpha value is -0.0900. The molecule has 0 radical (unpaired) electrons. The first-order valence-electron chi connectivity index (χ1n) is 7.35. The van der Waals surface area contributed by atoms with Crippen LogP contribution in [0.3, 0.4) is 0 Å². The minimum absolute atomic E-state index is 0. The zero-order valence-corrected chi connectivity index (χ0v) is 14.5. The molecule has 112 valence electrons. The normalized spacial score (nSPS) is 21.9. The number of hydrogen-bond acceptors (Lipinski definition) is 2. The summed E-state index contributed by atoms with van der Waals surface area (Å²) in [6, 6.07) is 6.75. The minimum Gasteiger partial charge on any atom is -0.317 e. The average molecular weight is 360 g/mol. The second-order valence-corrected chi connectivity index (χ2v) is 7.15. The third-order valence-electron chi connectivity index (χ3n) is 4.81. The molecule has 2 heterocycles. The monoisotopic (exact) mass is 358 g/mol. The van der Waals surface area contributed by atoms with Gasteiger partial charge < -0.3 is 5.32 Å². The topological polar surface area (TPSA) is 15.3 Å². The Morgan fingerprint density at radius 1 is 1.25 bits per heavy atom. The quantitative estimate of drug-likeness (QED) is 0.865. The van der Waals surface area contributed by atoms with Gasteiger partial charge in [0.05, 0.1) is 0 Å². The van der Waals surface area contributed by atoms with Crippen LogP contribution in [0.15, 0.2) is 22.7 Å². The number of hydrogen-bond donors (Lipinski definition) is 1. The van der Waals surface area contributed by atoms with Crippen LogP contribution in [0.25, 0.3) is 0 Å². The molecule has 20 heavy (non-hydrogen) atoms. The van der Waals surface area contributed by atoms with Gasteiger partial charge >= 0.3 is 0 Å². The van der Waals surface area contributed by atoms with E-state index in [-0.39, 0.29) is 12.4 Å². The molecule has 3 rings (SSSR count). The summed E-state index contributed by atoms with van der Waals surface area (Å²) < 4.78 is 1.22. The van der Waals surface area contributed by atoms with E-state index in [9.17, 15) is 0 Å². The van der Waals surface area contributed by atoms with E-state index in [0.29, 0.717) is 5.41 Å². The van der Waals surface area contributed by atoms with Gasteiger partial charge in [-0.1, -0.05) is 28.1 Å². The van der Waals surface area contributed by atoms with E-state index in [0.717, 1.165) is 6.54 Å². The lowest BCUT2D eigenvalue weighted by Gasteiger charge is -2.34. The highest BCUT2D eigenvalue weighted by Crippen LogP contribution is 2.39. The van der Waals surface area contributed by atoms with Gasteiger partial charge in [-0.3, -0.25) is 4.90 Å². The summed E-state index contributed by atoms with van der Waals surface area (Å²) in [7, 11) is 0. The molecule has 0 atom stereocenters. The molecule has 1 aromatic carbocycles. The third-order valence-corrected chi connectivity index (χ3v) is 5.70. The lowest BCUT2D eigenvalue weighted by molar-refractivity contribution is 0.194. The predicted octanol–water partition coefficient (Wildman–Crippen LogP) is 3.75. The van der Waals surface area contributed by atoms with E-state index in [2.05, 4.69) is 51.3 Å². The fourth-order valence-electron chi connectivity index (χ4n) is 3.59. The van der Waals surface area contributed by atoms with E-state index < -0.39 is 0 Å². The van der Waals surface area contributed by atoms with Gasteiger partial charge in [0, 0.05) is 17.6 Å². The Morgan fingerprint density at radius 2 is 2.00 bits per heavy atom. The molecule has 4 heteroatoms. The standard InChI is InChI=1S/C16H23BrN2.ClH/c1-13-10-14(2-3-15(13)17)11-19-9-6-16(12-19)4-7-18-8-5-16;/h2-3,10,18H,4-9,11-12H2,1H3;1H. The Bertz CT molecular complexity index is 458. The predicted molar refractivity (Wildman–Crippen MR) is 90.6 cm³/mol. The molecule has 0 amide bonds. The van der Waals surface area contributed by atoms with Crippen LogP contribution >= 0.6 is 28.3 Å². The van der Waals surface area contributed by atoms with Crippen LogP contribution < -0.4 is 5.32 Å². The number of benzene rings is 1. The van der Waals surface area contributed by atoms with Crippen LogP contribution in [-0.2, 0) is 6.54 Å². The molecule has 0 unspecified atom stereocenters. The van der Waals surface area contributed by atoms with Crippen molar-refractivity contribution in [2.75, 3.05) is 26.2 Å². The van der Waals surface area contributed by atoms with Gasteiger partial charge in [-0.25, -0.2) is 0 Å². The van der Waals surface area contributed by atoms with Crippen molar-refractivity contribution in [3.05, 3.63) is 33.8 Å². The Morgan fingerprint density at radius 3 is 2.70 bits per heavy atom. The lowest BCUT2D eigenvalue weighted by atomic mass is 9.78. The molecule has 1 spiro atoms. The SMILES string of the molecule is Cc1cc(CN2CCC3(CCNCC3)C2)ccc1Br.Cl. The average Bonchev–Trinajstić information content (AvgIpc) is 2.78. The largest absolute Gasteiger partial charge is 0.317 e.